The molecule has 8 nitrogen and oxygen atoms in total. The first kappa shape index (κ1) is 20.0. The molecule has 158 valence electrons. The third-order valence-electron chi connectivity index (χ3n) is 5.49. The number of hydrogen-bond donors (Lipinski definition) is 1. The molecule has 2 aliphatic rings. The van der Waals surface area contributed by atoms with Crippen LogP contribution in [-0.2, 0) is 9.53 Å². The van der Waals surface area contributed by atoms with Crippen LogP contribution in [0.3, 0.4) is 0 Å². The summed E-state index contributed by atoms with van der Waals surface area (Å²) in [5, 5.41) is 9.54. The molecule has 0 aliphatic carbocycles. The summed E-state index contributed by atoms with van der Waals surface area (Å²) in [5.41, 5.74) is -1.47. The average molecular weight is 420 g/mol. The molecule has 1 unspecified atom stereocenters. The van der Waals surface area contributed by atoms with Crippen molar-refractivity contribution in [1.29, 1.82) is 0 Å². The van der Waals surface area contributed by atoms with Crippen LogP contribution in [0.25, 0.3) is 0 Å². The molecule has 0 radical (unpaired) electrons. The Labute approximate surface area is 169 Å². The fourth-order valence-corrected chi connectivity index (χ4v) is 3.97. The SMILES string of the molecule is O=C(O)C1COC2(CCN(C(=O)c3ccc(F)cc3F)CC2)N1C(=O)c1ccco1. The van der Waals surface area contributed by atoms with Gasteiger partial charge < -0.3 is 19.2 Å². The highest BCUT2D eigenvalue weighted by atomic mass is 19.1. The van der Waals surface area contributed by atoms with Crippen molar-refractivity contribution in [3.05, 3.63) is 59.6 Å². The Morgan fingerprint density at radius 3 is 2.43 bits per heavy atom. The van der Waals surface area contributed by atoms with Crippen molar-refractivity contribution in [3.8, 4) is 0 Å². The summed E-state index contributed by atoms with van der Waals surface area (Å²) in [6, 6.07) is 4.48. The summed E-state index contributed by atoms with van der Waals surface area (Å²) < 4.78 is 38.0. The number of hydrogen-bond acceptors (Lipinski definition) is 5. The van der Waals surface area contributed by atoms with E-state index >= 15 is 0 Å². The number of piperidine rings is 1. The van der Waals surface area contributed by atoms with Crippen LogP contribution in [0.4, 0.5) is 8.78 Å². The highest BCUT2D eigenvalue weighted by Crippen LogP contribution is 2.39. The summed E-state index contributed by atoms with van der Waals surface area (Å²) in [5.74, 6) is -4.20. The predicted octanol–water partition coefficient (Wildman–Crippen LogP) is 2.12. The highest BCUT2D eigenvalue weighted by molar-refractivity contribution is 5.96. The predicted molar refractivity (Wildman–Crippen MR) is 96.5 cm³/mol. The van der Waals surface area contributed by atoms with Crippen LogP contribution >= 0.6 is 0 Å². The number of rotatable bonds is 3. The van der Waals surface area contributed by atoms with Crippen molar-refractivity contribution in [3.63, 3.8) is 0 Å². The molecule has 1 aromatic carbocycles. The number of benzene rings is 1. The van der Waals surface area contributed by atoms with E-state index in [9.17, 15) is 28.3 Å². The standard InChI is InChI=1S/C20H18F2N2O6/c21-12-3-4-13(14(22)10-12)17(25)23-7-5-20(6-8-23)24(15(11-30-20)19(27)28)18(26)16-2-1-9-29-16/h1-4,9-10,15H,5-8,11H2,(H,27,28). The number of halogens is 2. The van der Waals surface area contributed by atoms with Gasteiger partial charge in [-0.15, -0.1) is 0 Å². The van der Waals surface area contributed by atoms with Crippen LogP contribution in [0.1, 0.15) is 33.8 Å². The third kappa shape index (κ3) is 3.32. The number of carbonyl (C=O) groups excluding carboxylic acids is 2. The molecule has 2 fully saturated rings. The Kier molecular flexibility index (Phi) is 5.02. The first-order valence-corrected chi connectivity index (χ1v) is 9.31. The molecule has 0 saturated carbocycles. The van der Waals surface area contributed by atoms with Crippen molar-refractivity contribution >= 4 is 17.8 Å². The second kappa shape index (κ2) is 7.52. The number of likely N-dealkylation sites (tertiary alicyclic amines) is 1. The number of furan rings is 1. The van der Waals surface area contributed by atoms with Gasteiger partial charge in [-0.2, -0.15) is 0 Å². The normalized spacial score (nSPS) is 20.5. The molecule has 1 aromatic heterocycles. The molecule has 30 heavy (non-hydrogen) atoms. The first-order chi connectivity index (χ1) is 14.3. The second-order valence-corrected chi connectivity index (χ2v) is 7.18. The smallest absolute Gasteiger partial charge is 0.328 e. The van der Waals surface area contributed by atoms with E-state index in [-0.39, 0.29) is 43.9 Å². The largest absolute Gasteiger partial charge is 0.480 e. The molecule has 1 atom stereocenters. The van der Waals surface area contributed by atoms with Crippen molar-refractivity contribution < 1.29 is 37.4 Å². The van der Waals surface area contributed by atoms with Crippen LogP contribution in [0, 0.1) is 11.6 Å². The number of carboxylic acids is 1. The molecular formula is C20H18F2N2O6. The lowest BCUT2D eigenvalue weighted by Gasteiger charge is -2.43. The van der Waals surface area contributed by atoms with Crippen molar-refractivity contribution in [1.82, 2.24) is 9.80 Å². The molecule has 2 aromatic rings. The topological polar surface area (TPSA) is 100 Å². The van der Waals surface area contributed by atoms with Gasteiger partial charge in [0.05, 0.1) is 18.4 Å². The minimum absolute atomic E-state index is 0.0157. The minimum Gasteiger partial charge on any atom is -0.480 e. The molecule has 3 heterocycles. The fourth-order valence-electron chi connectivity index (χ4n) is 3.97. The highest BCUT2D eigenvalue weighted by Gasteiger charge is 2.55. The number of carboxylic acid groups (broad SMARTS) is 1. The molecule has 1 spiro atoms. The van der Waals surface area contributed by atoms with E-state index in [1.807, 2.05) is 0 Å². The maximum atomic E-state index is 14.0. The Morgan fingerprint density at radius 2 is 1.83 bits per heavy atom. The fraction of sp³-hybridized carbons (Fsp3) is 0.350. The zero-order valence-corrected chi connectivity index (χ0v) is 15.7. The molecule has 10 heteroatoms. The van der Waals surface area contributed by atoms with E-state index in [0.717, 1.165) is 17.0 Å². The molecule has 4 rings (SSSR count). The van der Waals surface area contributed by atoms with Gasteiger partial charge in [0.1, 0.15) is 17.4 Å². The van der Waals surface area contributed by atoms with Gasteiger partial charge in [-0.1, -0.05) is 0 Å². The van der Waals surface area contributed by atoms with Gasteiger partial charge in [0.2, 0.25) is 0 Å². The molecule has 0 bridgehead atoms. The quantitative estimate of drug-likeness (QED) is 0.817. The van der Waals surface area contributed by atoms with Gasteiger partial charge in [-0.3, -0.25) is 14.5 Å². The number of nitrogens with zero attached hydrogens (tertiary/aromatic N) is 2. The van der Waals surface area contributed by atoms with E-state index in [2.05, 4.69) is 0 Å². The number of carbonyl (C=O) groups is 3. The Bertz CT molecular complexity index is 985. The van der Waals surface area contributed by atoms with E-state index in [0.29, 0.717) is 6.07 Å². The molecule has 2 amide bonds. The van der Waals surface area contributed by atoms with Gasteiger partial charge in [0.15, 0.2) is 11.8 Å². The average Bonchev–Trinajstić information content (AvgIpc) is 3.36. The summed E-state index contributed by atoms with van der Waals surface area (Å²) >= 11 is 0. The van der Waals surface area contributed by atoms with E-state index < -0.39 is 41.2 Å². The second-order valence-electron chi connectivity index (χ2n) is 7.18. The number of aliphatic carboxylic acids is 1. The zero-order chi connectivity index (χ0) is 21.5. The van der Waals surface area contributed by atoms with Gasteiger partial charge in [0, 0.05) is 32.0 Å². The minimum atomic E-state index is -1.22. The van der Waals surface area contributed by atoms with Crippen LogP contribution in [0.5, 0.6) is 0 Å². The molecule has 1 N–H and O–H groups in total. The first-order valence-electron chi connectivity index (χ1n) is 9.31. The summed E-state index contributed by atoms with van der Waals surface area (Å²) in [6.45, 7) is 0.0101. The zero-order valence-electron chi connectivity index (χ0n) is 15.7. The van der Waals surface area contributed by atoms with E-state index in [1.54, 1.807) is 0 Å². The Balaban J connectivity index is 1.55. The lowest BCUT2D eigenvalue weighted by Crippen LogP contribution is -2.58. The maximum Gasteiger partial charge on any atom is 0.328 e. The lowest BCUT2D eigenvalue weighted by atomic mass is 9.96. The molecular weight excluding hydrogens is 402 g/mol. The van der Waals surface area contributed by atoms with Gasteiger partial charge >= 0.3 is 5.97 Å². The van der Waals surface area contributed by atoms with Crippen LogP contribution in [0.15, 0.2) is 41.0 Å². The monoisotopic (exact) mass is 420 g/mol. The van der Waals surface area contributed by atoms with Crippen LogP contribution in [0.2, 0.25) is 0 Å². The van der Waals surface area contributed by atoms with Crippen molar-refractivity contribution in [2.24, 2.45) is 0 Å². The molecule has 2 saturated heterocycles. The Hall–Kier alpha value is -3.27. The van der Waals surface area contributed by atoms with E-state index in [4.69, 9.17) is 9.15 Å². The number of amides is 2. The maximum absolute atomic E-state index is 14.0. The summed E-state index contributed by atoms with van der Waals surface area (Å²) in [6.07, 6.45) is 1.58. The van der Waals surface area contributed by atoms with Gasteiger partial charge in [-0.05, 0) is 24.3 Å². The Morgan fingerprint density at radius 1 is 1.10 bits per heavy atom. The number of ether oxygens (including phenoxy) is 1. The van der Waals surface area contributed by atoms with E-state index in [1.165, 1.54) is 23.3 Å². The van der Waals surface area contributed by atoms with Gasteiger partial charge in [0.25, 0.3) is 11.8 Å². The van der Waals surface area contributed by atoms with Crippen LogP contribution < -0.4 is 0 Å². The lowest BCUT2D eigenvalue weighted by molar-refractivity contribution is -0.143. The van der Waals surface area contributed by atoms with Crippen molar-refractivity contribution in [2.75, 3.05) is 19.7 Å². The van der Waals surface area contributed by atoms with Crippen molar-refractivity contribution in [2.45, 2.75) is 24.6 Å². The summed E-state index contributed by atoms with van der Waals surface area (Å²) in [7, 11) is 0. The van der Waals surface area contributed by atoms with Crippen LogP contribution in [-0.4, -0.2) is 64.2 Å². The third-order valence-corrected chi connectivity index (χ3v) is 5.49. The molecule has 2 aliphatic heterocycles. The van der Waals surface area contributed by atoms with Gasteiger partial charge in [-0.25, -0.2) is 13.6 Å². The summed E-state index contributed by atoms with van der Waals surface area (Å²) in [4.78, 5) is 39.8.